The minimum Gasteiger partial charge on any atom is -1.00 e. The molecule has 0 aromatic heterocycles. The molecule has 0 bridgehead atoms. The van der Waals surface area contributed by atoms with Crippen molar-refractivity contribution in [3.63, 3.8) is 0 Å². The first-order chi connectivity index (χ1) is 0. The molecule has 0 aromatic carbocycles. The fourth-order valence-electron chi connectivity index (χ4n) is 0. The van der Waals surface area contributed by atoms with Gasteiger partial charge >= 0.3 is 37.7 Å². The molecule has 0 saturated carbocycles. The van der Waals surface area contributed by atoms with E-state index in [4.69, 9.17) is 0 Å². The molecule has 4 heteroatoms. The van der Waals surface area contributed by atoms with Crippen LogP contribution in [0.1, 0.15) is 2.85 Å². The zero-order valence-electron chi connectivity index (χ0n) is 4.11. The molecule has 0 saturated heterocycles. The summed E-state index contributed by atoms with van der Waals surface area (Å²) in [7, 11) is 0. The molecule has 0 aromatic rings. The fraction of sp³-hybridized carbons (Fsp3) is 0. The van der Waals surface area contributed by atoms with E-state index in [-0.39, 0.29) is 109 Å². The molecule has 0 heterocycles. The van der Waals surface area contributed by atoms with Crippen molar-refractivity contribution < 1.29 is 71.2 Å². The van der Waals surface area contributed by atoms with Gasteiger partial charge < -0.3 is 2.85 Å². The maximum atomic E-state index is 0. The molecule has 3 radical (unpaired) electrons. The molecule has 0 amide bonds. The van der Waals surface area contributed by atoms with Gasteiger partial charge in [-0.1, -0.05) is 0 Å². The van der Waals surface area contributed by atoms with Gasteiger partial charge in [-0.15, -0.1) is 0 Å². The van der Waals surface area contributed by atoms with Gasteiger partial charge in [0, 0.05) is 68.3 Å². The summed E-state index contributed by atoms with van der Waals surface area (Å²) < 4.78 is 0. The Labute approximate surface area is 106 Å². The van der Waals surface area contributed by atoms with E-state index in [1.807, 2.05) is 0 Å². The Balaban J connectivity index is 0. The van der Waals surface area contributed by atoms with Crippen LogP contribution in [0.25, 0.3) is 0 Å². The van der Waals surface area contributed by atoms with E-state index in [0.29, 0.717) is 0 Å². The van der Waals surface area contributed by atoms with Crippen LogP contribution in [-0.2, 0) is 68.3 Å². The molecule has 0 N–H and O–H groups in total. The van der Waals surface area contributed by atoms with Crippen LogP contribution >= 0.6 is 0 Å². The second-order valence-corrected chi connectivity index (χ2v) is 0. The van der Waals surface area contributed by atoms with Crippen LogP contribution in [0.15, 0.2) is 0 Å². The molecule has 4 heavy (non-hydrogen) atoms. The molecule has 0 nitrogen and oxygen atoms in total. The third-order valence-electron chi connectivity index (χ3n) is 0. The van der Waals surface area contributed by atoms with E-state index >= 15 is 0 Å². The summed E-state index contributed by atoms with van der Waals surface area (Å²) in [4.78, 5) is 0. The zero-order chi connectivity index (χ0) is 0. The molecule has 19 valence electrons. The topological polar surface area (TPSA) is 0 Å². The van der Waals surface area contributed by atoms with Crippen LogP contribution in [0, 0.1) is 0 Å². The van der Waals surface area contributed by atoms with Gasteiger partial charge in [0.25, 0.3) is 0 Å². The van der Waals surface area contributed by atoms with Crippen LogP contribution < -0.4 is 0 Å². The third kappa shape index (κ3) is 9.08. The summed E-state index contributed by atoms with van der Waals surface area (Å²) in [5.74, 6) is 0. The Kier molecular flexibility index (Phi) is 104. The van der Waals surface area contributed by atoms with Crippen molar-refractivity contribution in [2.45, 2.75) is 0 Å². The van der Waals surface area contributed by atoms with Gasteiger partial charge in [-0.05, 0) is 0 Å². The Bertz CT molecular complexity index is 13.5. The van der Waals surface area contributed by atoms with Crippen molar-refractivity contribution in [1.82, 2.24) is 0 Å². The average Bonchev–Trinajstić information content (AvgIpc) is 0. The molecule has 0 rings (SSSR count). The maximum Gasteiger partial charge on any atom is 2.00 e. The van der Waals surface area contributed by atoms with Gasteiger partial charge in [-0.2, -0.15) is 0 Å². The first-order valence-electron chi connectivity index (χ1n) is 0. The van der Waals surface area contributed by atoms with Gasteiger partial charge in [0.15, 0.2) is 0 Å². The van der Waals surface area contributed by atoms with E-state index in [0.717, 1.165) is 0 Å². The average molecular weight is 237 g/mol. The van der Waals surface area contributed by atoms with Gasteiger partial charge in [0.1, 0.15) is 0 Å². The molecule has 0 aliphatic rings. The molecule has 0 aliphatic heterocycles. The Morgan fingerprint density at radius 3 is 1.25 bits per heavy atom. The number of hydrogen-bond acceptors (Lipinski definition) is 0. The van der Waals surface area contributed by atoms with Crippen molar-refractivity contribution in [3.8, 4) is 0 Å². The SMILES string of the molecule is [Ca+2].[H-].[H-].[Mn].[V].[Y]. The fourth-order valence-corrected chi connectivity index (χ4v) is 0. The standard InChI is InChI=1S/Ca.Mn.V.Y.2H/q+2;;;;2*-1. The van der Waals surface area contributed by atoms with E-state index in [2.05, 4.69) is 0 Å². The van der Waals surface area contributed by atoms with Crippen LogP contribution in [-0.4, -0.2) is 37.7 Å². The van der Waals surface area contributed by atoms with E-state index in [1.165, 1.54) is 0 Å². The van der Waals surface area contributed by atoms with Crippen molar-refractivity contribution in [2.24, 2.45) is 0 Å². The van der Waals surface area contributed by atoms with Gasteiger partial charge in [-0.3, -0.25) is 0 Å². The summed E-state index contributed by atoms with van der Waals surface area (Å²) >= 11 is 0. The zero-order valence-corrected chi connectivity index (χ0v) is 9.73. The molecule has 0 fully saturated rings. The summed E-state index contributed by atoms with van der Waals surface area (Å²) in [5, 5.41) is 0. The van der Waals surface area contributed by atoms with Crippen molar-refractivity contribution in [2.75, 3.05) is 0 Å². The molecule has 0 unspecified atom stereocenters. The van der Waals surface area contributed by atoms with E-state index in [9.17, 15) is 0 Å². The summed E-state index contributed by atoms with van der Waals surface area (Å²) in [6.45, 7) is 0. The molecule has 0 spiro atoms. The molecular formula is H2CaMnVY. The number of hydrogen-bond donors (Lipinski definition) is 0. The summed E-state index contributed by atoms with van der Waals surface area (Å²) in [6.07, 6.45) is 0. The van der Waals surface area contributed by atoms with Crippen LogP contribution in [0.3, 0.4) is 0 Å². The minimum absolute atomic E-state index is 0. The predicted octanol–water partition coefficient (Wildman–Crippen LogP) is -0.163. The first kappa shape index (κ1) is 26.0. The summed E-state index contributed by atoms with van der Waals surface area (Å²) in [6, 6.07) is 0. The van der Waals surface area contributed by atoms with Gasteiger partial charge in [0.05, 0.1) is 0 Å². The maximum absolute atomic E-state index is 0. The minimum atomic E-state index is 0. The van der Waals surface area contributed by atoms with E-state index in [1.54, 1.807) is 0 Å². The van der Waals surface area contributed by atoms with Crippen molar-refractivity contribution in [3.05, 3.63) is 0 Å². The van der Waals surface area contributed by atoms with E-state index < -0.39 is 0 Å². The normalized spacial score (nSPS) is 0. The molecule has 0 aliphatic carbocycles. The van der Waals surface area contributed by atoms with Crippen LogP contribution in [0.2, 0.25) is 0 Å². The van der Waals surface area contributed by atoms with Crippen LogP contribution in [0.4, 0.5) is 0 Å². The first-order valence-corrected chi connectivity index (χ1v) is 0. The smallest absolute Gasteiger partial charge is 1.00 e. The van der Waals surface area contributed by atoms with Gasteiger partial charge in [-0.25, -0.2) is 0 Å². The molecule has 0 atom stereocenters. The summed E-state index contributed by atoms with van der Waals surface area (Å²) in [5.41, 5.74) is 0. The second kappa shape index (κ2) is 16.1. The van der Waals surface area contributed by atoms with Crippen molar-refractivity contribution >= 4 is 37.7 Å². The second-order valence-electron chi connectivity index (χ2n) is 0. The molecular weight excluding hydrogens is 235 g/mol. The quantitative estimate of drug-likeness (QED) is 0.513. The van der Waals surface area contributed by atoms with Gasteiger partial charge in [0.2, 0.25) is 0 Å². The Morgan fingerprint density at radius 1 is 1.25 bits per heavy atom. The Hall–Kier alpha value is 3.47. The predicted molar refractivity (Wildman–Crippen MR) is 7.98 cm³/mol. The monoisotopic (exact) mass is 237 g/mol. The largest absolute Gasteiger partial charge is 2.00 e. The van der Waals surface area contributed by atoms with Crippen LogP contribution in [0.5, 0.6) is 0 Å². The third-order valence-corrected chi connectivity index (χ3v) is 0. The number of rotatable bonds is 0. The van der Waals surface area contributed by atoms with Crippen molar-refractivity contribution in [1.29, 1.82) is 0 Å². The Morgan fingerprint density at radius 2 is 1.25 bits per heavy atom.